The van der Waals surface area contributed by atoms with Crippen molar-refractivity contribution in [2.75, 3.05) is 89.8 Å². The predicted molar refractivity (Wildman–Crippen MR) is 414 cm³/mol. The molecule has 1 amide bonds. The number of ether oxygens (including phenoxy) is 7. The number of anilines is 3. The molecule has 5 saturated heterocycles. The minimum absolute atomic E-state index is 0.0149. The lowest BCUT2D eigenvalue weighted by molar-refractivity contribution is -0.124. The highest BCUT2D eigenvalue weighted by molar-refractivity contribution is 9.10. The van der Waals surface area contributed by atoms with Crippen molar-refractivity contribution in [3.8, 4) is 0 Å². The summed E-state index contributed by atoms with van der Waals surface area (Å²) in [7, 11) is 0. The van der Waals surface area contributed by atoms with Crippen molar-refractivity contribution in [2.24, 2.45) is 17.8 Å². The molecule has 6 aromatic heterocycles. The second-order valence-electron chi connectivity index (χ2n) is 27.0. The first kappa shape index (κ1) is 88.3. The first-order valence-corrected chi connectivity index (χ1v) is 46.5. The van der Waals surface area contributed by atoms with Gasteiger partial charge in [-0.2, -0.15) is 15.0 Å². The van der Waals surface area contributed by atoms with Crippen molar-refractivity contribution in [2.45, 2.75) is 153 Å². The third kappa shape index (κ3) is 22.9. The van der Waals surface area contributed by atoms with Crippen LogP contribution in [0.5, 0.6) is 0 Å². The number of nitrogens with zero attached hydrogens (tertiary/aromatic N) is 9. The minimum Gasteiger partial charge on any atom is -0.394 e. The van der Waals surface area contributed by atoms with Crippen molar-refractivity contribution in [3.63, 3.8) is 0 Å². The number of aliphatic hydroxyl groups is 1. The number of amides is 1. The molecule has 11 heterocycles. The Morgan fingerprint density at radius 2 is 1.04 bits per heavy atom. The van der Waals surface area contributed by atoms with Gasteiger partial charge in [0.2, 0.25) is 11.9 Å². The second-order valence-corrected chi connectivity index (χ2v) is 39.5. The van der Waals surface area contributed by atoms with E-state index in [0.29, 0.717) is 6.42 Å². The van der Waals surface area contributed by atoms with Crippen LogP contribution in [0.3, 0.4) is 0 Å². The number of thiol groups is 3. The van der Waals surface area contributed by atoms with Gasteiger partial charge in [-0.1, -0.05) is 64.4 Å². The van der Waals surface area contributed by atoms with Crippen LogP contribution in [0.2, 0.25) is 0 Å². The number of nitrogens with two attached hydrogens (primary N) is 3. The number of halogens is 1. The topological polar surface area (TPSA) is 569 Å². The molecule has 113 heavy (non-hydrogen) atoms. The number of fused-ring (bicyclic) bond motifs is 1. The van der Waals surface area contributed by atoms with Crippen molar-refractivity contribution in [1.82, 2.24) is 63.0 Å². The Balaban J connectivity index is 0.810. The van der Waals surface area contributed by atoms with Gasteiger partial charge >= 0.3 is 49.9 Å². The van der Waals surface area contributed by atoms with Gasteiger partial charge in [0, 0.05) is 68.5 Å². The van der Waals surface area contributed by atoms with Crippen molar-refractivity contribution < 1.29 is 97.5 Å². The summed E-state index contributed by atoms with van der Waals surface area (Å²) in [6, 6.07) is 2.76. The van der Waals surface area contributed by atoms with E-state index in [0.717, 1.165) is 19.9 Å². The Hall–Kier alpha value is -5.47. The van der Waals surface area contributed by atoms with Gasteiger partial charge in [0.1, 0.15) is 85.5 Å². The molecule has 624 valence electrons. The Labute approximate surface area is 669 Å². The highest BCUT2D eigenvalue weighted by Gasteiger charge is 2.50. The summed E-state index contributed by atoms with van der Waals surface area (Å²) in [4.78, 5) is 125. The molecular formula is C60H85BrN16O28P4S4. The Bertz CT molecular complexity index is 5040. The van der Waals surface area contributed by atoms with Crippen LogP contribution in [-0.4, -0.2) is 196 Å². The zero-order valence-electron chi connectivity index (χ0n) is 60.8. The first-order valence-electron chi connectivity index (χ1n) is 35.0. The molecule has 0 saturated carbocycles. The number of rotatable bonds is 38. The smallest absolute Gasteiger partial charge is 0.386 e. The molecular weight excluding hydrogens is 1720 g/mol. The number of aromatic nitrogens is 12. The Kier molecular flexibility index (Phi) is 29.8. The van der Waals surface area contributed by atoms with Crippen molar-refractivity contribution in [3.05, 3.63) is 126 Å². The van der Waals surface area contributed by atoms with Crippen LogP contribution < -0.4 is 62.0 Å². The number of hydrogen-bond acceptors (Lipinski definition) is 36. The predicted octanol–water partition coefficient (Wildman–Crippen LogP) is 3.02. The lowest BCUT2D eigenvalue weighted by Gasteiger charge is -2.30. The molecule has 5 fully saturated rings. The van der Waals surface area contributed by atoms with Crippen LogP contribution in [0.25, 0.3) is 11.2 Å². The maximum Gasteiger partial charge on any atom is 0.386 e. The summed E-state index contributed by atoms with van der Waals surface area (Å²) in [6.45, 7) is -12.0. The highest BCUT2D eigenvalue weighted by Crippen LogP contribution is 2.61. The van der Waals surface area contributed by atoms with Gasteiger partial charge in [-0.05, 0) is 65.0 Å². The fraction of sp³-hybridized carbons (Fsp3) is 0.633. The lowest BCUT2D eigenvalue weighted by Crippen LogP contribution is -2.33. The number of carbonyl (C=O) groups excluding carboxylic acids is 1. The average Bonchev–Trinajstić information content (AvgIpc) is 1.63. The number of aliphatic hydroxyl groups excluding tert-OH is 1. The molecule has 0 aliphatic carbocycles. The molecule has 0 spiro atoms. The number of imidazole rings is 1. The molecule has 0 bridgehead atoms. The number of aromatic amines is 3. The van der Waals surface area contributed by atoms with Gasteiger partial charge in [-0.15, -0.1) is 0 Å². The largest absolute Gasteiger partial charge is 0.394 e. The van der Waals surface area contributed by atoms with E-state index in [4.69, 9.17) is 103 Å². The number of H-pyrrole nitrogens is 3. The van der Waals surface area contributed by atoms with Crippen LogP contribution in [-0.2, 0) is 104 Å². The summed E-state index contributed by atoms with van der Waals surface area (Å²) < 4.78 is 147. The Morgan fingerprint density at radius 3 is 1.57 bits per heavy atom. The van der Waals surface area contributed by atoms with Gasteiger partial charge in [0.25, 0.3) is 16.7 Å². The van der Waals surface area contributed by atoms with Crippen molar-refractivity contribution in [1.29, 1.82) is 0 Å². The van der Waals surface area contributed by atoms with E-state index >= 15 is 0 Å². The molecule has 6 aromatic rings. The molecule has 0 radical (unpaired) electrons. The maximum atomic E-state index is 15.0. The van der Waals surface area contributed by atoms with Crippen molar-refractivity contribution >= 4 is 126 Å². The molecule has 5 aliphatic rings. The van der Waals surface area contributed by atoms with E-state index in [1.54, 1.807) is 13.8 Å². The second kappa shape index (κ2) is 38.1. The van der Waals surface area contributed by atoms with E-state index in [9.17, 15) is 57.2 Å². The van der Waals surface area contributed by atoms with Crippen LogP contribution in [0.15, 0.2) is 81.3 Å². The summed E-state index contributed by atoms with van der Waals surface area (Å²) in [5.74, 6) is -1.01. The molecule has 19 atom stereocenters. The van der Waals surface area contributed by atoms with E-state index in [1.807, 2.05) is 13.8 Å². The highest BCUT2D eigenvalue weighted by atomic mass is 79.9. The van der Waals surface area contributed by atoms with E-state index in [1.165, 1.54) is 53.1 Å². The minimum atomic E-state index is -4.78. The van der Waals surface area contributed by atoms with E-state index < -0.39 is 179 Å². The number of carbonyl (C=O) groups is 1. The summed E-state index contributed by atoms with van der Waals surface area (Å²) >= 11 is 22.1. The Morgan fingerprint density at radius 1 is 0.593 bits per heavy atom. The molecule has 53 heteroatoms. The first-order chi connectivity index (χ1) is 53.4. The molecule has 9 unspecified atom stereocenters. The van der Waals surface area contributed by atoms with Gasteiger partial charge < -0.3 is 74.4 Å². The third-order valence-electron chi connectivity index (χ3n) is 18.4. The summed E-state index contributed by atoms with van der Waals surface area (Å²) in [5, 5.41) is 13.0. The normalized spacial score (nSPS) is 27.5. The van der Waals surface area contributed by atoms with Gasteiger partial charge in [0.15, 0.2) is 11.2 Å². The summed E-state index contributed by atoms with van der Waals surface area (Å²) in [5.41, 5.74) is 12.1. The molecule has 5 aliphatic heterocycles. The third-order valence-corrected chi connectivity index (χ3v) is 26.3. The van der Waals surface area contributed by atoms with Gasteiger partial charge in [-0.3, -0.25) is 84.1 Å². The van der Waals surface area contributed by atoms with Crippen LogP contribution in [0, 0.1) is 24.7 Å². The number of nitrogens with one attached hydrogen (secondary N) is 4. The standard InChI is InChI=1S/C60H85BrN16O28P4S4/c1-29(2)32-16-45(73-9-6-43(62)67-57(73)83)98-39(32)24-96-109(113,92-15-14-91-13-12-90-11-8-65-52(79)30(3)4)105-37-20-47(75-21-31(5)53(80)71-59(75)85)100-42(37)27-95-108(89,112)104-36-19-49(77-28-66-50-51(77)69-56(64)70-55(50)82)101-41(36)26-94-107(88,111)103-35-18-46(74-10-7-44(63)68-58(74)84)99-40(35)25-93-106(87,110)102-34-17-48(97-38(34)23-78)76-22-33(61)54(81)72-60(76)86/h6-7,9-10,21-22,28-30,32,34-42,45-49,78H,8,11-20,23-27H2,1-5H3,(H,65,79)(H,87,110)(H,88,111)(H,89,112)(H2,62,67,83)(H2,63,68,84)(H,71,80,85)(H,72,81,86)(H3,64,69,70,82)/t32?,34?,35?,36?,37?,38-,39-,40-,41-,42-,45-,46-,47-,48-,49-,106?,107?,108?,109?/m1/s1. The van der Waals surface area contributed by atoms with E-state index in [-0.39, 0.29) is 134 Å². The van der Waals surface area contributed by atoms with Crippen LogP contribution >= 0.6 is 79.8 Å². The SMILES string of the molecule is Cc1cn([C@H]2CC(OP(=S)(OCCOCCOCCNC(=O)C(C)C)OC[C@H]3O[C@@H](n4ccc(N)nc4=O)CC3C(C)C)[C@@H](COP(=O)(S)OC3C[C@H](n4cnc5c(=O)[nH]c(N)nc54)O[C@@H]3COP(=O)(S)OC3C[C@H](n4ccc(N)nc4=O)O[C@@H]3COP(=O)(S)OC3C[C@H](n4cc(Br)c(=O)[nH]c4=O)O[C@@H]3CO)O2)c(=O)[nH]c1=O. The monoisotopic (exact) mass is 1810 g/mol. The molecule has 0 aromatic carbocycles. The average molecular weight is 1810 g/mol. The van der Waals surface area contributed by atoms with Crippen LogP contribution in [0.4, 0.5) is 17.6 Å². The number of hydrogen-bond donors (Lipinski definition) is 11. The zero-order valence-corrected chi connectivity index (χ0v) is 69.5. The molecule has 11 rings (SSSR count). The summed E-state index contributed by atoms with van der Waals surface area (Å²) in [6.07, 6.45) is -11.5. The van der Waals surface area contributed by atoms with Gasteiger partial charge in [-0.25, -0.2) is 37.9 Å². The maximum absolute atomic E-state index is 15.0. The molecule has 44 nitrogen and oxygen atoms in total. The number of nitrogen functional groups attached to an aromatic ring is 3. The van der Waals surface area contributed by atoms with Gasteiger partial charge in [0.05, 0.1) is 89.1 Å². The molecule has 11 N–H and O–H groups in total. The quantitative estimate of drug-likeness (QED) is 0.0151. The zero-order chi connectivity index (χ0) is 81.6. The van der Waals surface area contributed by atoms with Crippen LogP contribution in [0.1, 0.15) is 96.5 Å². The number of aryl methyl sites for hydroxylation is 1. The fourth-order valence-corrected chi connectivity index (χ4v) is 19.8. The lowest BCUT2D eigenvalue weighted by atomic mass is 9.89. The fourth-order valence-electron chi connectivity index (χ4n) is 12.8. The van der Waals surface area contributed by atoms with E-state index in [2.05, 4.69) is 92.9 Å².